The number of aliphatic hydroxyl groups excluding tert-OH is 1. The largest absolute Gasteiger partial charge is 0.396 e. The van der Waals surface area contributed by atoms with E-state index in [9.17, 15) is 0 Å². The van der Waals surface area contributed by atoms with Crippen molar-refractivity contribution in [1.82, 2.24) is 9.97 Å². The molecule has 0 saturated heterocycles. The van der Waals surface area contributed by atoms with Crippen LogP contribution in [0.15, 0.2) is 12.4 Å². The van der Waals surface area contributed by atoms with E-state index in [2.05, 4.69) is 20.6 Å². The molecule has 1 atom stereocenters. The van der Waals surface area contributed by atoms with Crippen LogP contribution in [-0.4, -0.2) is 35.3 Å². The molecule has 0 amide bonds. The van der Waals surface area contributed by atoms with Gasteiger partial charge in [-0.05, 0) is 5.92 Å². The summed E-state index contributed by atoms with van der Waals surface area (Å²) in [5.41, 5.74) is 0. The van der Waals surface area contributed by atoms with Crippen LogP contribution in [0.4, 0.5) is 11.6 Å². The zero-order valence-corrected chi connectivity index (χ0v) is 8.49. The molecule has 0 aliphatic rings. The van der Waals surface area contributed by atoms with Gasteiger partial charge in [-0.1, -0.05) is 6.92 Å². The van der Waals surface area contributed by atoms with Crippen molar-refractivity contribution in [2.45, 2.75) is 6.92 Å². The van der Waals surface area contributed by atoms with Gasteiger partial charge in [0.1, 0.15) is 18.0 Å². The second kappa shape index (κ2) is 5.39. The fraction of sp³-hybridized carbons (Fsp3) is 0.556. The molecular formula is C9H16N4O. The lowest BCUT2D eigenvalue weighted by Crippen LogP contribution is -2.15. The van der Waals surface area contributed by atoms with Crippen molar-refractivity contribution in [3.8, 4) is 0 Å². The lowest BCUT2D eigenvalue weighted by molar-refractivity contribution is 0.244. The van der Waals surface area contributed by atoms with E-state index in [-0.39, 0.29) is 12.5 Å². The second-order valence-corrected chi connectivity index (χ2v) is 3.21. The Morgan fingerprint density at radius 2 is 2.14 bits per heavy atom. The predicted octanol–water partition coefficient (Wildman–Crippen LogP) is 0.559. The molecule has 3 N–H and O–H groups in total. The molecule has 1 aromatic rings. The normalized spacial score (nSPS) is 12.2. The Morgan fingerprint density at radius 3 is 2.79 bits per heavy atom. The maximum Gasteiger partial charge on any atom is 0.131 e. The highest BCUT2D eigenvalue weighted by molar-refractivity contribution is 5.45. The summed E-state index contributed by atoms with van der Waals surface area (Å²) in [6, 6.07) is 1.82. The highest BCUT2D eigenvalue weighted by Crippen LogP contribution is 2.07. The first-order valence-corrected chi connectivity index (χ1v) is 4.60. The molecule has 1 aromatic heterocycles. The first-order valence-electron chi connectivity index (χ1n) is 4.60. The fourth-order valence-corrected chi connectivity index (χ4v) is 0.934. The predicted molar refractivity (Wildman–Crippen MR) is 56.3 cm³/mol. The monoisotopic (exact) mass is 196 g/mol. The van der Waals surface area contributed by atoms with Crippen molar-refractivity contribution in [2.75, 3.05) is 30.8 Å². The Morgan fingerprint density at radius 1 is 1.43 bits per heavy atom. The summed E-state index contributed by atoms with van der Waals surface area (Å²) in [5, 5.41) is 14.9. The van der Waals surface area contributed by atoms with E-state index in [4.69, 9.17) is 5.11 Å². The van der Waals surface area contributed by atoms with Gasteiger partial charge >= 0.3 is 0 Å². The standard InChI is InChI=1S/C9H16N4O/c1-7(5-14)4-11-9-3-8(10-2)12-6-13-9/h3,6-7,14H,4-5H2,1-2H3,(H2,10,11,12,13). The van der Waals surface area contributed by atoms with Gasteiger partial charge in [-0.15, -0.1) is 0 Å². The topological polar surface area (TPSA) is 70.1 Å². The van der Waals surface area contributed by atoms with Crippen molar-refractivity contribution in [3.63, 3.8) is 0 Å². The third-order valence-corrected chi connectivity index (χ3v) is 1.87. The molecule has 5 nitrogen and oxygen atoms in total. The van der Waals surface area contributed by atoms with Gasteiger partial charge in [0.2, 0.25) is 0 Å². The van der Waals surface area contributed by atoms with Gasteiger partial charge in [0.15, 0.2) is 0 Å². The van der Waals surface area contributed by atoms with Crippen molar-refractivity contribution in [1.29, 1.82) is 0 Å². The van der Waals surface area contributed by atoms with Gasteiger partial charge in [-0.2, -0.15) is 0 Å². The van der Waals surface area contributed by atoms with Gasteiger partial charge < -0.3 is 15.7 Å². The Kier molecular flexibility index (Phi) is 4.12. The molecule has 0 aliphatic carbocycles. The molecule has 1 unspecified atom stereocenters. The summed E-state index contributed by atoms with van der Waals surface area (Å²) in [4.78, 5) is 8.04. The molecule has 5 heteroatoms. The Balaban J connectivity index is 2.50. The number of rotatable bonds is 5. The van der Waals surface area contributed by atoms with E-state index in [1.165, 1.54) is 6.33 Å². The minimum absolute atomic E-state index is 0.178. The zero-order chi connectivity index (χ0) is 10.4. The minimum Gasteiger partial charge on any atom is -0.396 e. The molecule has 1 heterocycles. The molecule has 0 fully saturated rings. The highest BCUT2D eigenvalue weighted by Gasteiger charge is 2.00. The third-order valence-electron chi connectivity index (χ3n) is 1.87. The van der Waals surface area contributed by atoms with Gasteiger partial charge in [0, 0.05) is 26.3 Å². The average molecular weight is 196 g/mol. The maximum atomic E-state index is 8.83. The van der Waals surface area contributed by atoms with Gasteiger partial charge in [-0.3, -0.25) is 0 Å². The van der Waals surface area contributed by atoms with Gasteiger partial charge in [-0.25, -0.2) is 9.97 Å². The van der Waals surface area contributed by atoms with Crippen LogP contribution in [0.25, 0.3) is 0 Å². The van der Waals surface area contributed by atoms with Gasteiger partial charge in [0.05, 0.1) is 0 Å². The molecule has 78 valence electrons. The van der Waals surface area contributed by atoms with Crippen LogP contribution in [0.3, 0.4) is 0 Å². The third kappa shape index (κ3) is 3.18. The van der Waals surface area contributed by atoms with Crippen LogP contribution >= 0.6 is 0 Å². The zero-order valence-electron chi connectivity index (χ0n) is 8.49. The number of hydrogen-bond donors (Lipinski definition) is 3. The van der Waals surface area contributed by atoms with Crippen molar-refractivity contribution >= 4 is 11.6 Å². The molecule has 0 saturated carbocycles. The van der Waals surface area contributed by atoms with Crippen LogP contribution in [0.2, 0.25) is 0 Å². The van der Waals surface area contributed by atoms with E-state index in [1.807, 2.05) is 20.0 Å². The Bertz CT molecular complexity index is 279. The van der Waals surface area contributed by atoms with E-state index in [0.29, 0.717) is 6.54 Å². The molecule has 0 bridgehead atoms. The molecule has 0 spiro atoms. The molecular weight excluding hydrogens is 180 g/mol. The highest BCUT2D eigenvalue weighted by atomic mass is 16.3. The number of nitrogens with one attached hydrogen (secondary N) is 2. The number of nitrogens with zero attached hydrogens (tertiary/aromatic N) is 2. The number of anilines is 2. The van der Waals surface area contributed by atoms with Crippen molar-refractivity contribution < 1.29 is 5.11 Å². The van der Waals surface area contributed by atoms with Crippen molar-refractivity contribution in [3.05, 3.63) is 12.4 Å². The smallest absolute Gasteiger partial charge is 0.131 e. The Labute approximate surface area is 83.6 Å². The fourth-order valence-electron chi connectivity index (χ4n) is 0.934. The first-order chi connectivity index (χ1) is 6.76. The summed E-state index contributed by atoms with van der Waals surface area (Å²) >= 11 is 0. The summed E-state index contributed by atoms with van der Waals surface area (Å²) < 4.78 is 0. The number of hydrogen-bond acceptors (Lipinski definition) is 5. The Hall–Kier alpha value is -1.36. The maximum absolute atomic E-state index is 8.83. The van der Waals surface area contributed by atoms with E-state index >= 15 is 0 Å². The van der Waals surface area contributed by atoms with Crippen LogP contribution in [0.5, 0.6) is 0 Å². The summed E-state index contributed by atoms with van der Waals surface area (Å²) in [6.45, 7) is 2.85. The lowest BCUT2D eigenvalue weighted by atomic mass is 10.2. The quantitative estimate of drug-likeness (QED) is 0.642. The van der Waals surface area contributed by atoms with Crippen LogP contribution < -0.4 is 10.6 Å². The second-order valence-electron chi connectivity index (χ2n) is 3.21. The van der Waals surface area contributed by atoms with E-state index < -0.39 is 0 Å². The van der Waals surface area contributed by atoms with Crippen molar-refractivity contribution in [2.24, 2.45) is 5.92 Å². The van der Waals surface area contributed by atoms with Crippen LogP contribution in [0, 0.1) is 5.92 Å². The minimum atomic E-state index is 0.178. The summed E-state index contributed by atoms with van der Waals surface area (Å²) in [7, 11) is 1.81. The van der Waals surface area contributed by atoms with Crippen LogP contribution in [0.1, 0.15) is 6.92 Å². The first kappa shape index (κ1) is 10.7. The molecule has 14 heavy (non-hydrogen) atoms. The molecule has 1 rings (SSSR count). The SMILES string of the molecule is CNc1cc(NCC(C)CO)ncn1. The average Bonchev–Trinajstić information content (AvgIpc) is 2.26. The molecule has 0 aromatic carbocycles. The molecule has 0 radical (unpaired) electrons. The lowest BCUT2D eigenvalue weighted by Gasteiger charge is -2.10. The number of aliphatic hydroxyl groups is 1. The summed E-state index contributed by atoms with van der Waals surface area (Å²) in [6.07, 6.45) is 1.50. The number of aromatic nitrogens is 2. The van der Waals surface area contributed by atoms with Gasteiger partial charge in [0.25, 0.3) is 0 Å². The van der Waals surface area contributed by atoms with E-state index in [0.717, 1.165) is 11.6 Å². The summed E-state index contributed by atoms with van der Waals surface area (Å²) in [5.74, 6) is 1.77. The van der Waals surface area contributed by atoms with Crippen LogP contribution in [-0.2, 0) is 0 Å². The molecule has 0 aliphatic heterocycles. The van der Waals surface area contributed by atoms with E-state index in [1.54, 1.807) is 0 Å².